The number of nitrogens with one attached hydrogen (secondary N) is 1. The highest BCUT2D eigenvalue weighted by Crippen LogP contribution is 2.42. The molecule has 4 aromatic rings. The lowest BCUT2D eigenvalue weighted by molar-refractivity contribution is -0.138. The van der Waals surface area contributed by atoms with Crippen molar-refractivity contribution in [3.05, 3.63) is 87.8 Å². The number of aromatic nitrogens is 3. The second kappa shape index (κ2) is 15.4. The molecule has 0 saturated carbocycles. The fourth-order valence-corrected chi connectivity index (χ4v) is 12.3. The van der Waals surface area contributed by atoms with Gasteiger partial charge < -0.3 is 14.8 Å². The molecule has 0 aliphatic carbocycles. The third kappa shape index (κ3) is 8.02. The lowest BCUT2D eigenvalue weighted by atomic mass is 9.85. The Morgan fingerprint density at radius 1 is 0.724 bits per heavy atom. The Morgan fingerprint density at radius 2 is 1.19 bits per heavy atom. The van der Waals surface area contributed by atoms with Gasteiger partial charge in [0.2, 0.25) is 5.13 Å². The van der Waals surface area contributed by atoms with Gasteiger partial charge in [-0.3, -0.25) is 9.59 Å². The number of hydrogen-bond acceptors (Lipinski definition) is 10. The number of pyridine rings is 1. The molecule has 2 fully saturated rings. The van der Waals surface area contributed by atoms with Crippen molar-refractivity contribution in [2.24, 2.45) is 11.8 Å². The number of hydrogen-bond donors (Lipinski definition) is 1. The maximum atomic E-state index is 13.9. The summed E-state index contributed by atoms with van der Waals surface area (Å²) in [4.78, 5) is 32.5. The van der Waals surface area contributed by atoms with Crippen molar-refractivity contribution in [2.75, 3.05) is 31.1 Å². The number of carbonyl (C=O) groups is 1. The average Bonchev–Trinajstić information content (AvgIpc) is 3.67. The molecule has 0 unspecified atom stereocenters. The van der Waals surface area contributed by atoms with Gasteiger partial charge in [0.25, 0.3) is 5.91 Å². The van der Waals surface area contributed by atoms with E-state index in [1.54, 1.807) is 0 Å². The van der Waals surface area contributed by atoms with Gasteiger partial charge in [-0.05, 0) is 102 Å². The summed E-state index contributed by atoms with van der Waals surface area (Å²) in [6.07, 6.45) is -6.93. The van der Waals surface area contributed by atoms with Gasteiger partial charge in [-0.15, -0.1) is 10.2 Å². The van der Waals surface area contributed by atoms with Crippen molar-refractivity contribution >= 4 is 42.1 Å². The number of nitrogens with zero attached hydrogens (tertiary/aromatic N) is 4. The van der Waals surface area contributed by atoms with E-state index < -0.39 is 85.6 Å². The minimum atomic E-state index is -4.72. The topological polar surface area (TPSA) is 150 Å². The first-order chi connectivity index (χ1) is 26.9. The lowest BCUT2D eigenvalue weighted by Gasteiger charge is -2.40. The van der Waals surface area contributed by atoms with Crippen molar-refractivity contribution in [3.63, 3.8) is 0 Å². The largest absolute Gasteiger partial charge is 0.416 e. The van der Waals surface area contributed by atoms with Crippen LogP contribution in [0.5, 0.6) is 0 Å². The normalized spacial score (nSPS) is 17.1. The summed E-state index contributed by atoms with van der Waals surface area (Å²) < 4.78 is 132. The summed E-state index contributed by atoms with van der Waals surface area (Å²) in [5.74, 6) is -1.45. The predicted molar refractivity (Wildman–Crippen MR) is 205 cm³/mol. The minimum Gasteiger partial charge on any atom is -0.356 e. The monoisotopic (exact) mass is 873 g/mol. The average molecular weight is 874 g/mol. The van der Waals surface area contributed by atoms with Gasteiger partial charge in [0, 0.05) is 38.4 Å². The van der Waals surface area contributed by atoms with E-state index in [9.17, 15) is 52.8 Å². The Labute approximate surface area is 335 Å². The van der Waals surface area contributed by atoms with Crippen molar-refractivity contribution in [1.82, 2.24) is 20.1 Å². The molecule has 1 amide bonds. The first kappa shape index (κ1) is 43.3. The summed E-state index contributed by atoms with van der Waals surface area (Å²) in [5, 5.41) is 9.05. The highest BCUT2D eigenvalue weighted by atomic mass is 32.2. The van der Waals surface area contributed by atoms with Crippen LogP contribution in [0.1, 0.15) is 75.0 Å². The number of H-pyrrole nitrogens is 1. The summed E-state index contributed by atoms with van der Waals surface area (Å²) in [7, 11) is -8.41. The van der Waals surface area contributed by atoms with E-state index in [0.29, 0.717) is 43.2 Å². The van der Waals surface area contributed by atoms with Crippen LogP contribution in [-0.2, 0) is 32.0 Å². The van der Waals surface area contributed by atoms with Gasteiger partial charge in [0.15, 0.2) is 30.1 Å². The van der Waals surface area contributed by atoms with Gasteiger partial charge in [0.1, 0.15) is 5.69 Å². The van der Waals surface area contributed by atoms with E-state index in [0.717, 1.165) is 47.7 Å². The van der Waals surface area contributed by atoms with Crippen molar-refractivity contribution in [1.29, 1.82) is 0 Å². The van der Waals surface area contributed by atoms with Crippen LogP contribution in [0.15, 0.2) is 75.4 Å². The molecule has 0 bridgehead atoms. The zero-order chi connectivity index (χ0) is 42.6. The number of anilines is 1. The van der Waals surface area contributed by atoms with E-state index >= 15 is 0 Å². The predicted octanol–water partition coefficient (Wildman–Crippen LogP) is 7.50. The van der Waals surface area contributed by atoms with Crippen LogP contribution >= 0.6 is 11.3 Å². The van der Waals surface area contributed by atoms with Gasteiger partial charge in [-0.25, -0.2) is 16.8 Å². The summed E-state index contributed by atoms with van der Waals surface area (Å²) in [6, 6.07) is 8.58. The van der Waals surface area contributed by atoms with Crippen molar-refractivity contribution < 1.29 is 48.0 Å². The molecule has 2 aromatic heterocycles. The number of piperidine rings is 2. The first-order valence-corrected chi connectivity index (χ1v) is 22.1. The molecule has 0 spiro atoms. The Hall–Kier alpha value is -4.30. The van der Waals surface area contributed by atoms with Crippen LogP contribution < -0.4 is 10.3 Å². The molecule has 2 saturated heterocycles. The number of aromatic amines is 1. The molecule has 2 aromatic carbocycles. The standard InChI is InChI=1S/C38H41F6N5O6S3/c1-35(2,57(52,53)27-9-5-7-25(21-27)37(39,40)41)23-12-17-48(18-13-23)33(51)31-30(29(50)11-16-45-31)32-46-47-34(56-32)49-19-14-24(15-20-49)36(3,4)58(54,55)28-10-6-8-26(22-28)38(42,43)44/h5-11,16,21-24H,12-15,17-20H2,1-4H3,(H,45,50). The van der Waals surface area contributed by atoms with E-state index in [2.05, 4.69) is 15.2 Å². The number of carbonyl (C=O) groups excluding carboxylic acids is 1. The molecular weight excluding hydrogens is 833 g/mol. The number of sulfone groups is 2. The maximum absolute atomic E-state index is 13.9. The van der Waals surface area contributed by atoms with Crippen LogP contribution in [0.25, 0.3) is 10.6 Å². The first-order valence-electron chi connectivity index (χ1n) is 18.3. The molecule has 20 heteroatoms. The van der Waals surface area contributed by atoms with E-state index in [4.69, 9.17) is 0 Å². The number of amides is 1. The van der Waals surface area contributed by atoms with E-state index in [1.165, 1.54) is 44.9 Å². The molecular formula is C38H41F6N5O6S3. The van der Waals surface area contributed by atoms with Crippen LogP contribution in [0.4, 0.5) is 31.5 Å². The second-order valence-corrected chi connectivity index (χ2v) is 21.6. The van der Waals surface area contributed by atoms with Crippen molar-refractivity contribution in [2.45, 2.75) is 85.0 Å². The number of likely N-dealkylation sites (tertiary alicyclic amines) is 1. The second-order valence-electron chi connectivity index (χ2n) is 15.6. The number of rotatable bonds is 9. The number of benzene rings is 2. The Kier molecular flexibility index (Phi) is 11.5. The fraction of sp³-hybridized carbons (Fsp3) is 0.474. The van der Waals surface area contributed by atoms with Gasteiger partial charge in [-0.1, -0.05) is 23.5 Å². The minimum absolute atomic E-state index is 0.0194. The quantitative estimate of drug-likeness (QED) is 0.169. The number of alkyl halides is 6. The number of halogens is 6. The third-order valence-electron chi connectivity index (χ3n) is 11.6. The zero-order valence-corrected chi connectivity index (χ0v) is 34.3. The van der Waals surface area contributed by atoms with Crippen molar-refractivity contribution in [3.8, 4) is 10.6 Å². The maximum Gasteiger partial charge on any atom is 0.416 e. The summed E-state index contributed by atoms with van der Waals surface area (Å²) in [6.45, 7) is 6.86. The molecule has 0 atom stereocenters. The van der Waals surface area contributed by atoms with Gasteiger partial charge >= 0.3 is 12.4 Å². The molecule has 2 aliphatic heterocycles. The highest BCUT2D eigenvalue weighted by molar-refractivity contribution is 7.93. The molecule has 4 heterocycles. The molecule has 2 aliphatic rings. The highest BCUT2D eigenvalue weighted by Gasteiger charge is 2.47. The smallest absolute Gasteiger partial charge is 0.356 e. The summed E-state index contributed by atoms with van der Waals surface area (Å²) >= 11 is 1.06. The Bertz CT molecular complexity index is 2470. The van der Waals surface area contributed by atoms with E-state index in [1.807, 2.05) is 4.90 Å². The zero-order valence-electron chi connectivity index (χ0n) is 31.8. The Balaban J connectivity index is 1.13. The van der Waals surface area contributed by atoms with E-state index in [-0.39, 0.29) is 42.2 Å². The van der Waals surface area contributed by atoms with Gasteiger partial charge in [-0.2, -0.15) is 26.3 Å². The van der Waals surface area contributed by atoms with Crippen LogP contribution in [-0.4, -0.2) is 78.5 Å². The molecule has 58 heavy (non-hydrogen) atoms. The summed E-state index contributed by atoms with van der Waals surface area (Å²) in [5.41, 5.74) is -2.70. The molecule has 314 valence electrons. The molecule has 11 nitrogen and oxygen atoms in total. The Morgan fingerprint density at radius 3 is 1.66 bits per heavy atom. The third-order valence-corrected chi connectivity index (χ3v) is 17.8. The SMILES string of the molecule is CC(C)(C1CCN(C(=O)c2[nH]ccc(=O)c2-c2nnc(N3CCC(C(C)(C)S(=O)(=O)c4cccc(C(F)(F)F)c4)CC3)s2)CC1)S(=O)(=O)c1cccc(C(F)(F)F)c1. The molecule has 1 N–H and O–H groups in total. The molecule has 0 radical (unpaired) electrons. The lowest BCUT2D eigenvalue weighted by Crippen LogP contribution is -2.48. The van der Waals surface area contributed by atoms with Crippen LogP contribution in [0, 0.1) is 11.8 Å². The molecule has 6 rings (SSSR count). The van der Waals surface area contributed by atoms with Gasteiger partial charge in [0.05, 0.1) is 36.0 Å². The fourth-order valence-electron chi connectivity index (χ4n) is 7.73. The van der Waals surface area contributed by atoms with Crippen LogP contribution in [0.3, 0.4) is 0 Å². The van der Waals surface area contributed by atoms with Crippen LogP contribution in [0.2, 0.25) is 0 Å².